The fraction of sp³-hybridized carbons (Fsp3) is 0.462. The molecule has 1 aliphatic carbocycles. The van der Waals surface area contributed by atoms with E-state index >= 15 is 4.39 Å². The van der Waals surface area contributed by atoms with E-state index in [1.807, 2.05) is 6.07 Å². The van der Waals surface area contributed by atoms with Gasteiger partial charge in [0.15, 0.2) is 5.82 Å². The van der Waals surface area contributed by atoms with E-state index < -0.39 is 5.82 Å². The first-order chi connectivity index (χ1) is 16.6. The Morgan fingerprint density at radius 2 is 2.03 bits per heavy atom. The molecule has 0 unspecified atom stereocenters. The zero-order valence-electron chi connectivity index (χ0n) is 20.1. The number of rotatable bonds is 4. The Morgan fingerprint density at radius 1 is 1.23 bits per heavy atom. The Hall–Kier alpha value is -3.00. The molecular formula is C26H29ClFN5O2. The van der Waals surface area contributed by atoms with E-state index in [1.54, 1.807) is 6.07 Å². The average Bonchev–Trinajstić information content (AvgIpc) is 3.32. The highest BCUT2D eigenvalue weighted by Gasteiger charge is 2.33. The maximum Gasteiger partial charge on any atom is 0.228 e. The van der Waals surface area contributed by atoms with Crippen LogP contribution in [0.25, 0.3) is 22.2 Å². The molecule has 1 saturated carbocycles. The Morgan fingerprint density at radius 3 is 2.80 bits per heavy atom. The van der Waals surface area contributed by atoms with Crippen LogP contribution in [0.4, 0.5) is 10.2 Å². The largest absolute Gasteiger partial charge is 0.354 e. The van der Waals surface area contributed by atoms with Crippen molar-refractivity contribution in [2.45, 2.75) is 70.9 Å². The van der Waals surface area contributed by atoms with E-state index in [1.165, 1.54) is 19.2 Å². The first kappa shape index (κ1) is 23.7. The van der Waals surface area contributed by atoms with Gasteiger partial charge < -0.3 is 15.2 Å². The van der Waals surface area contributed by atoms with Crippen molar-refractivity contribution in [3.63, 3.8) is 0 Å². The van der Waals surface area contributed by atoms with Crippen molar-refractivity contribution in [3.8, 4) is 11.1 Å². The molecule has 5 rings (SSSR count). The number of benzene rings is 1. The highest BCUT2D eigenvalue weighted by Crippen LogP contribution is 2.39. The van der Waals surface area contributed by atoms with Gasteiger partial charge in [-0.1, -0.05) is 18.0 Å². The van der Waals surface area contributed by atoms with Crippen LogP contribution in [0.1, 0.15) is 58.7 Å². The van der Waals surface area contributed by atoms with E-state index in [2.05, 4.69) is 39.0 Å². The molecule has 0 radical (unpaired) electrons. The number of aryl methyl sites for hydroxylation is 1. The van der Waals surface area contributed by atoms with Gasteiger partial charge in [-0.05, 0) is 63.3 Å². The fourth-order valence-electron chi connectivity index (χ4n) is 5.51. The topological polar surface area (TPSA) is 88.9 Å². The number of nitrogens with one attached hydrogen (secondary N) is 2. The van der Waals surface area contributed by atoms with Crippen LogP contribution in [0.2, 0.25) is 5.02 Å². The number of carbonyl (C=O) groups excluding carboxylic acids is 2. The number of aromatic nitrogens is 3. The lowest BCUT2D eigenvalue weighted by Crippen LogP contribution is -2.40. The molecule has 2 atom stereocenters. The van der Waals surface area contributed by atoms with Gasteiger partial charge in [0.05, 0.1) is 10.5 Å². The molecule has 9 heteroatoms. The van der Waals surface area contributed by atoms with Gasteiger partial charge in [0, 0.05) is 42.6 Å². The maximum atomic E-state index is 15.1. The number of hydrogen-bond acceptors (Lipinski definition) is 4. The van der Waals surface area contributed by atoms with Crippen molar-refractivity contribution >= 4 is 40.3 Å². The van der Waals surface area contributed by atoms with Crippen molar-refractivity contribution in [2.75, 3.05) is 5.32 Å². The minimum Gasteiger partial charge on any atom is -0.354 e. The first-order valence-corrected chi connectivity index (χ1v) is 12.5. The molecule has 0 saturated heterocycles. The molecule has 7 nitrogen and oxygen atoms in total. The van der Waals surface area contributed by atoms with Crippen LogP contribution in [-0.2, 0) is 21.5 Å². The molecule has 2 aromatic heterocycles. The highest BCUT2D eigenvalue weighted by molar-refractivity contribution is 6.33. The molecule has 1 aromatic carbocycles. The monoisotopic (exact) mass is 497 g/mol. The predicted octanol–water partition coefficient (Wildman–Crippen LogP) is 5.21. The SMILES string of the molecule is CC(=O)N[C@@H]1CCC[C@H](C(=O)Nc2cc(-c3cc(F)c4nc5n(c4c3)C(C)(C)CC5)c(Cl)cn2)C1. The second-order valence-electron chi connectivity index (χ2n) is 10.3. The molecule has 1 fully saturated rings. The van der Waals surface area contributed by atoms with Crippen molar-refractivity contribution in [2.24, 2.45) is 5.92 Å². The third-order valence-corrected chi connectivity index (χ3v) is 7.52. The molecule has 0 bridgehead atoms. The first-order valence-electron chi connectivity index (χ1n) is 12.1. The Labute approximate surface area is 208 Å². The van der Waals surface area contributed by atoms with Crippen molar-refractivity contribution in [1.82, 2.24) is 19.9 Å². The second-order valence-corrected chi connectivity index (χ2v) is 10.7. The van der Waals surface area contributed by atoms with Crippen LogP contribution >= 0.6 is 11.6 Å². The zero-order valence-corrected chi connectivity index (χ0v) is 20.9. The molecule has 0 spiro atoms. The van der Waals surface area contributed by atoms with Crippen molar-refractivity contribution in [1.29, 1.82) is 0 Å². The number of nitrogens with zero attached hydrogens (tertiary/aromatic N) is 3. The van der Waals surface area contributed by atoms with Gasteiger partial charge in [-0.2, -0.15) is 0 Å². The van der Waals surface area contributed by atoms with Gasteiger partial charge in [0.2, 0.25) is 11.8 Å². The summed E-state index contributed by atoms with van der Waals surface area (Å²) in [6.07, 6.45) is 6.33. The minimum atomic E-state index is -0.403. The molecular weight excluding hydrogens is 469 g/mol. The van der Waals surface area contributed by atoms with Gasteiger partial charge in [-0.3, -0.25) is 9.59 Å². The number of carbonyl (C=O) groups is 2. The van der Waals surface area contributed by atoms with Crippen LogP contribution < -0.4 is 10.6 Å². The van der Waals surface area contributed by atoms with Crippen LogP contribution in [0.5, 0.6) is 0 Å². The summed E-state index contributed by atoms with van der Waals surface area (Å²) in [4.78, 5) is 33.2. The molecule has 3 aromatic rings. The minimum absolute atomic E-state index is 0.00192. The highest BCUT2D eigenvalue weighted by atomic mass is 35.5. The van der Waals surface area contributed by atoms with Gasteiger partial charge in [0.25, 0.3) is 0 Å². The number of fused-ring (bicyclic) bond motifs is 3. The van der Waals surface area contributed by atoms with Crippen LogP contribution in [0, 0.1) is 11.7 Å². The number of anilines is 1. The molecule has 184 valence electrons. The average molecular weight is 498 g/mol. The lowest BCUT2D eigenvalue weighted by Gasteiger charge is -2.28. The Bertz CT molecular complexity index is 1340. The molecule has 2 N–H and O–H groups in total. The number of amides is 2. The fourth-order valence-corrected chi connectivity index (χ4v) is 5.73. The summed E-state index contributed by atoms with van der Waals surface area (Å²) in [7, 11) is 0. The quantitative estimate of drug-likeness (QED) is 0.518. The van der Waals surface area contributed by atoms with E-state index in [-0.39, 0.29) is 29.3 Å². The van der Waals surface area contributed by atoms with Gasteiger partial charge in [-0.15, -0.1) is 0 Å². The van der Waals surface area contributed by atoms with Crippen molar-refractivity contribution < 1.29 is 14.0 Å². The van der Waals surface area contributed by atoms with E-state index in [0.717, 1.165) is 43.4 Å². The van der Waals surface area contributed by atoms with Crippen molar-refractivity contribution in [3.05, 3.63) is 41.1 Å². The summed E-state index contributed by atoms with van der Waals surface area (Å²) in [5, 5.41) is 6.17. The second kappa shape index (κ2) is 8.90. The standard InChI is InChI=1S/C26H29ClFN5O2/c1-14(34)30-17-6-4-5-15(9-17)25(35)31-22-12-18(19(27)13-29-22)16-10-20(28)24-21(11-16)33-23(32-24)7-8-26(33,2)3/h10-13,15,17H,4-9H2,1-3H3,(H,30,34)(H,29,31,35)/t15-,17+/m0/s1. The Kier molecular flexibility index (Phi) is 6.03. The molecule has 1 aliphatic heterocycles. The smallest absolute Gasteiger partial charge is 0.228 e. The summed E-state index contributed by atoms with van der Waals surface area (Å²) in [5.74, 6) is 0.399. The lowest BCUT2D eigenvalue weighted by molar-refractivity contribution is -0.123. The van der Waals surface area contributed by atoms with E-state index in [0.29, 0.717) is 33.9 Å². The number of pyridine rings is 1. The molecule has 3 heterocycles. The van der Waals surface area contributed by atoms with Gasteiger partial charge >= 0.3 is 0 Å². The third-order valence-electron chi connectivity index (χ3n) is 7.22. The summed E-state index contributed by atoms with van der Waals surface area (Å²) in [5.41, 5.74) is 2.14. The predicted molar refractivity (Wildman–Crippen MR) is 134 cm³/mol. The van der Waals surface area contributed by atoms with Crippen LogP contribution in [0.3, 0.4) is 0 Å². The maximum absolute atomic E-state index is 15.1. The van der Waals surface area contributed by atoms with E-state index in [4.69, 9.17) is 11.6 Å². The van der Waals surface area contributed by atoms with E-state index in [9.17, 15) is 9.59 Å². The third kappa shape index (κ3) is 4.51. The normalized spacial score (nSPS) is 21.1. The van der Waals surface area contributed by atoms with Gasteiger partial charge in [-0.25, -0.2) is 14.4 Å². The molecule has 2 aliphatic rings. The number of halogens is 2. The zero-order chi connectivity index (χ0) is 24.9. The van der Waals surface area contributed by atoms with Crippen LogP contribution in [0.15, 0.2) is 24.4 Å². The number of imidazole rings is 1. The summed E-state index contributed by atoms with van der Waals surface area (Å²) < 4.78 is 17.2. The van der Waals surface area contributed by atoms with Gasteiger partial charge in [0.1, 0.15) is 17.2 Å². The molecule has 35 heavy (non-hydrogen) atoms. The van der Waals surface area contributed by atoms with Crippen LogP contribution in [-0.4, -0.2) is 32.4 Å². The summed E-state index contributed by atoms with van der Waals surface area (Å²) in [6, 6.07) is 5.03. The molecule has 2 amide bonds. The summed E-state index contributed by atoms with van der Waals surface area (Å²) in [6.45, 7) is 5.75. The lowest BCUT2D eigenvalue weighted by atomic mass is 9.85. The Balaban J connectivity index is 1.43. The summed E-state index contributed by atoms with van der Waals surface area (Å²) >= 11 is 6.47. The number of hydrogen-bond donors (Lipinski definition) is 2.